The van der Waals surface area contributed by atoms with Crippen molar-refractivity contribution < 1.29 is 24.5 Å². The molecule has 0 saturated carbocycles. The molecule has 4 N–H and O–H groups in total. The minimum Gasteiger partial charge on any atom is -0.479 e. The Morgan fingerprint density at radius 2 is 1.94 bits per heavy atom. The maximum Gasteiger partial charge on any atom is 0.334 e. The van der Waals surface area contributed by atoms with Crippen LogP contribution in [-0.2, 0) is 9.53 Å². The zero-order valence-corrected chi connectivity index (χ0v) is 9.61. The molecule has 16 heavy (non-hydrogen) atoms. The van der Waals surface area contributed by atoms with E-state index in [-0.39, 0.29) is 13.1 Å². The molecule has 2 amide bonds. The molecule has 0 aliphatic rings. The molecular formula is C9H18N2O5. The number of ether oxygens (including phenoxy) is 1. The van der Waals surface area contributed by atoms with Crippen LogP contribution >= 0.6 is 0 Å². The van der Waals surface area contributed by atoms with Gasteiger partial charge in [-0.3, -0.25) is 0 Å². The first-order chi connectivity index (χ1) is 7.28. The number of rotatable bonds is 6. The van der Waals surface area contributed by atoms with Crippen LogP contribution in [0.25, 0.3) is 0 Å². The molecule has 0 bridgehead atoms. The Balaban J connectivity index is 3.80. The van der Waals surface area contributed by atoms with E-state index in [4.69, 9.17) is 14.9 Å². The molecule has 0 aromatic rings. The van der Waals surface area contributed by atoms with Crippen LogP contribution in [0.1, 0.15) is 13.8 Å². The third-order valence-corrected chi connectivity index (χ3v) is 1.97. The number of carboxylic acid groups (broad SMARTS) is 1. The second-order valence-corrected chi connectivity index (χ2v) is 3.88. The summed E-state index contributed by atoms with van der Waals surface area (Å²) in [6.45, 7) is 3.52. The van der Waals surface area contributed by atoms with E-state index in [0.29, 0.717) is 0 Å². The van der Waals surface area contributed by atoms with Crippen LogP contribution in [0.5, 0.6) is 0 Å². The van der Waals surface area contributed by atoms with Crippen molar-refractivity contribution in [1.82, 2.24) is 10.6 Å². The number of aliphatic carboxylic acids is 1. The molecule has 0 rings (SSSR count). The minimum absolute atomic E-state index is 0.276. The number of aliphatic hydroxyl groups excluding tert-OH is 1. The third-order valence-electron chi connectivity index (χ3n) is 1.97. The first-order valence-corrected chi connectivity index (χ1v) is 4.76. The highest BCUT2D eigenvalue weighted by molar-refractivity contribution is 5.76. The van der Waals surface area contributed by atoms with Crippen LogP contribution in [0.4, 0.5) is 4.79 Å². The van der Waals surface area contributed by atoms with Crippen molar-refractivity contribution in [1.29, 1.82) is 0 Å². The number of aliphatic hydroxyl groups is 1. The highest BCUT2D eigenvalue weighted by atomic mass is 16.5. The Bertz CT molecular complexity index is 254. The van der Waals surface area contributed by atoms with Crippen molar-refractivity contribution >= 4 is 12.0 Å². The normalized spacial score (nSPS) is 13.0. The largest absolute Gasteiger partial charge is 0.479 e. The first-order valence-electron chi connectivity index (χ1n) is 4.76. The van der Waals surface area contributed by atoms with Crippen molar-refractivity contribution in [3.8, 4) is 0 Å². The summed E-state index contributed by atoms with van der Waals surface area (Å²) in [5.74, 6) is -1.38. The van der Waals surface area contributed by atoms with E-state index in [2.05, 4.69) is 10.6 Å². The molecule has 0 heterocycles. The monoisotopic (exact) mass is 234 g/mol. The lowest BCUT2D eigenvalue weighted by Gasteiger charge is -2.23. The molecule has 0 aromatic carbocycles. The fourth-order valence-electron chi connectivity index (χ4n) is 0.704. The summed E-state index contributed by atoms with van der Waals surface area (Å²) in [7, 11) is 1.52. The summed E-state index contributed by atoms with van der Waals surface area (Å²) >= 11 is 0. The predicted molar refractivity (Wildman–Crippen MR) is 56.1 cm³/mol. The lowest BCUT2D eigenvalue weighted by molar-refractivity contribution is -0.146. The van der Waals surface area contributed by atoms with E-state index < -0.39 is 23.7 Å². The molecule has 0 aromatic heterocycles. The molecule has 0 unspecified atom stereocenters. The summed E-state index contributed by atoms with van der Waals surface area (Å²) in [5, 5.41) is 21.9. The molecule has 94 valence electrons. The van der Waals surface area contributed by atoms with Gasteiger partial charge in [-0.2, -0.15) is 0 Å². The fourth-order valence-corrected chi connectivity index (χ4v) is 0.704. The summed E-state index contributed by atoms with van der Waals surface area (Å²) < 4.78 is 5.07. The number of carboxylic acids is 1. The van der Waals surface area contributed by atoms with Gasteiger partial charge in [0.2, 0.25) is 0 Å². The lowest BCUT2D eigenvalue weighted by atomic mass is 10.1. The van der Waals surface area contributed by atoms with Crippen LogP contribution < -0.4 is 10.6 Å². The molecule has 7 heteroatoms. The van der Waals surface area contributed by atoms with Gasteiger partial charge < -0.3 is 25.6 Å². The van der Waals surface area contributed by atoms with Crippen LogP contribution in [0, 0.1) is 0 Å². The number of nitrogens with one attached hydrogen (secondary N) is 2. The van der Waals surface area contributed by atoms with Gasteiger partial charge in [0, 0.05) is 13.7 Å². The molecule has 0 aliphatic carbocycles. The fraction of sp³-hybridized carbons (Fsp3) is 0.778. The van der Waals surface area contributed by atoms with E-state index in [1.54, 1.807) is 13.8 Å². The number of methoxy groups -OCH3 is 1. The maximum atomic E-state index is 11.2. The molecule has 7 nitrogen and oxygen atoms in total. The van der Waals surface area contributed by atoms with E-state index in [9.17, 15) is 9.59 Å². The first kappa shape index (κ1) is 14.7. The smallest absolute Gasteiger partial charge is 0.334 e. The number of carbonyl (C=O) groups excluding carboxylic acids is 1. The molecule has 0 saturated heterocycles. The Morgan fingerprint density at radius 3 is 2.38 bits per heavy atom. The van der Waals surface area contributed by atoms with Gasteiger partial charge in [-0.15, -0.1) is 0 Å². The van der Waals surface area contributed by atoms with Gasteiger partial charge in [-0.25, -0.2) is 9.59 Å². The number of amides is 2. The molecule has 0 fully saturated rings. The maximum absolute atomic E-state index is 11.2. The van der Waals surface area contributed by atoms with Crippen molar-refractivity contribution in [2.24, 2.45) is 0 Å². The topological polar surface area (TPSA) is 108 Å². The van der Waals surface area contributed by atoms with E-state index >= 15 is 0 Å². The quantitative estimate of drug-likeness (QED) is 0.479. The van der Waals surface area contributed by atoms with Crippen LogP contribution in [0.15, 0.2) is 0 Å². The molecule has 0 radical (unpaired) electrons. The van der Waals surface area contributed by atoms with Gasteiger partial charge in [-0.05, 0) is 13.8 Å². The van der Waals surface area contributed by atoms with Crippen LogP contribution in [0.3, 0.4) is 0 Å². The Labute approximate surface area is 93.8 Å². The lowest BCUT2D eigenvalue weighted by Crippen LogP contribution is -2.46. The summed E-state index contributed by atoms with van der Waals surface area (Å²) in [6, 6.07) is -0.551. The Hall–Kier alpha value is -1.34. The van der Waals surface area contributed by atoms with E-state index in [0.717, 1.165) is 0 Å². The number of hydrogen-bond donors (Lipinski definition) is 4. The van der Waals surface area contributed by atoms with Gasteiger partial charge in [0.25, 0.3) is 0 Å². The SMILES string of the molecule is COC(C)(C)CNC(=O)NC[C@H](O)C(=O)O. The van der Waals surface area contributed by atoms with Crippen molar-refractivity contribution in [3.63, 3.8) is 0 Å². The summed E-state index contributed by atoms with van der Waals surface area (Å²) in [4.78, 5) is 21.4. The van der Waals surface area contributed by atoms with Crippen LogP contribution in [0.2, 0.25) is 0 Å². The van der Waals surface area contributed by atoms with Gasteiger partial charge in [-0.1, -0.05) is 0 Å². The highest BCUT2D eigenvalue weighted by Gasteiger charge is 2.18. The Kier molecular flexibility index (Phi) is 5.76. The van der Waals surface area contributed by atoms with Crippen molar-refractivity contribution in [2.45, 2.75) is 25.6 Å². The zero-order chi connectivity index (χ0) is 12.8. The minimum atomic E-state index is -1.60. The van der Waals surface area contributed by atoms with Crippen molar-refractivity contribution in [3.05, 3.63) is 0 Å². The molecule has 1 atom stereocenters. The second kappa shape index (κ2) is 6.29. The zero-order valence-electron chi connectivity index (χ0n) is 9.61. The average molecular weight is 234 g/mol. The van der Waals surface area contributed by atoms with Crippen molar-refractivity contribution in [2.75, 3.05) is 20.2 Å². The van der Waals surface area contributed by atoms with Gasteiger partial charge in [0.05, 0.1) is 12.1 Å². The molecular weight excluding hydrogens is 216 g/mol. The summed E-state index contributed by atoms with van der Waals surface area (Å²) in [6.07, 6.45) is -1.60. The number of urea groups is 1. The number of carbonyl (C=O) groups is 2. The number of hydrogen-bond acceptors (Lipinski definition) is 4. The van der Waals surface area contributed by atoms with Gasteiger partial charge >= 0.3 is 12.0 Å². The van der Waals surface area contributed by atoms with E-state index in [1.165, 1.54) is 7.11 Å². The standard InChI is InChI=1S/C9H18N2O5/c1-9(2,16-3)5-11-8(15)10-4-6(12)7(13)14/h6,12H,4-5H2,1-3H3,(H,13,14)(H2,10,11,15)/t6-/m0/s1. The Morgan fingerprint density at radius 1 is 1.38 bits per heavy atom. The molecule has 0 spiro atoms. The summed E-state index contributed by atoms with van der Waals surface area (Å²) in [5.41, 5.74) is -0.497. The van der Waals surface area contributed by atoms with Gasteiger partial charge in [0.15, 0.2) is 6.10 Å². The second-order valence-electron chi connectivity index (χ2n) is 3.88. The third kappa shape index (κ3) is 6.20. The van der Waals surface area contributed by atoms with E-state index in [1.807, 2.05) is 0 Å². The highest BCUT2D eigenvalue weighted by Crippen LogP contribution is 2.04. The van der Waals surface area contributed by atoms with Gasteiger partial charge in [0.1, 0.15) is 0 Å². The predicted octanol–water partition coefficient (Wildman–Crippen LogP) is -0.844. The molecule has 0 aliphatic heterocycles. The van der Waals surface area contributed by atoms with Crippen LogP contribution in [-0.4, -0.2) is 54.1 Å². The average Bonchev–Trinajstić information content (AvgIpc) is 2.23.